The molecule has 1 amide bonds. The third-order valence-corrected chi connectivity index (χ3v) is 6.48. The number of fused-ring (bicyclic) bond motifs is 1. The molecule has 0 spiro atoms. The number of hydrogen-bond acceptors (Lipinski definition) is 3. The third-order valence-electron chi connectivity index (χ3n) is 5.49. The number of nitrogens with zero attached hydrogens (tertiary/aromatic N) is 2. The van der Waals surface area contributed by atoms with Crippen molar-refractivity contribution in [2.45, 2.75) is 32.7 Å². The molecule has 1 aromatic heterocycles. The first-order valence-electron chi connectivity index (χ1n) is 8.26. The van der Waals surface area contributed by atoms with Gasteiger partial charge < -0.3 is 4.90 Å². The molecule has 2 aliphatic heterocycles. The van der Waals surface area contributed by atoms with Gasteiger partial charge in [-0.3, -0.25) is 9.69 Å². The van der Waals surface area contributed by atoms with E-state index in [4.69, 9.17) is 0 Å². The Kier molecular flexibility index (Phi) is 3.54. The molecule has 2 saturated heterocycles. The van der Waals surface area contributed by atoms with E-state index in [0.717, 1.165) is 37.9 Å². The van der Waals surface area contributed by atoms with Gasteiger partial charge in [-0.25, -0.2) is 0 Å². The fraction of sp³-hybridized carbons (Fsp3) is 0.706. The van der Waals surface area contributed by atoms with Crippen LogP contribution >= 0.6 is 11.3 Å². The van der Waals surface area contributed by atoms with Gasteiger partial charge in [0.05, 0.1) is 0 Å². The molecule has 3 nitrogen and oxygen atoms in total. The van der Waals surface area contributed by atoms with Crippen LogP contribution in [0.4, 0.5) is 0 Å². The molecule has 0 N–H and O–H groups in total. The minimum Gasteiger partial charge on any atom is -0.343 e. The van der Waals surface area contributed by atoms with Gasteiger partial charge in [0.1, 0.15) is 0 Å². The summed E-state index contributed by atoms with van der Waals surface area (Å²) in [7, 11) is 0. The Morgan fingerprint density at radius 2 is 1.95 bits per heavy atom. The highest BCUT2D eigenvalue weighted by molar-refractivity contribution is 7.11. The summed E-state index contributed by atoms with van der Waals surface area (Å²) in [6, 6.07) is 4.48. The number of aryl methyl sites for hydroxylation is 1. The predicted molar refractivity (Wildman–Crippen MR) is 85.2 cm³/mol. The van der Waals surface area contributed by atoms with E-state index in [2.05, 4.69) is 28.9 Å². The van der Waals surface area contributed by atoms with Gasteiger partial charge in [0.25, 0.3) is 0 Å². The van der Waals surface area contributed by atoms with Crippen LogP contribution in [0.1, 0.15) is 29.0 Å². The lowest BCUT2D eigenvalue weighted by Gasteiger charge is -2.20. The number of piperidine rings is 1. The minimum absolute atomic E-state index is 0.423. The van der Waals surface area contributed by atoms with Gasteiger partial charge in [-0.2, -0.15) is 0 Å². The second kappa shape index (κ2) is 5.40. The molecule has 0 radical (unpaired) electrons. The predicted octanol–water partition coefficient (Wildman–Crippen LogP) is 2.75. The van der Waals surface area contributed by atoms with Crippen LogP contribution in [0.25, 0.3) is 0 Å². The van der Waals surface area contributed by atoms with Gasteiger partial charge in [0, 0.05) is 48.9 Å². The zero-order valence-electron chi connectivity index (χ0n) is 12.8. The molecule has 21 heavy (non-hydrogen) atoms. The highest BCUT2D eigenvalue weighted by Crippen LogP contribution is 2.54. The van der Waals surface area contributed by atoms with Gasteiger partial charge >= 0.3 is 0 Å². The molecule has 4 rings (SSSR count). The van der Waals surface area contributed by atoms with Crippen molar-refractivity contribution in [2.75, 3.05) is 26.2 Å². The van der Waals surface area contributed by atoms with Gasteiger partial charge in [-0.05, 0) is 49.7 Å². The van der Waals surface area contributed by atoms with Crippen LogP contribution in [0.5, 0.6) is 0 Å². The summed E-state index contributed by atoms with van der Waals surface area (Å²) in [4.78, 5) is 19.8. The van der Waals surface area contributed by atoms with Crippen LogP contribution in [0, 0.1) is 24.7 Å². The molecule has 1 unspecified atom stereocenters. The monoisotopic (exact) mass is 304 g/mol. The normalized spacial score (nSPS) is 31.7. The quantitative estimate of drug-likeness (QED) is 0.854. The van der Waals surface area contributed by atoms with Crippen molar-refractivity contribution < 1.29 is 4.79 Å². The van der Waals surface area contributed by atoms with Gasteiger partial charge in [0.15, 0.2) is 0 Å². The average molecular weight is 304 g/mol. The summed E-state index contributed by atoms with van der Waals surface area (Å²) in [5.74, 6) is 2.72. The molecular formula is C17H24N2OS. The molecule has 114 valence electrons. The van der Waals surface area contributed by atoms with E-state index in [1.165, 1.54) is 35.7 Å². The molecule has 0 aromatic carbocycles. The minimum atomic E-state index is 0.423. The third kappa shape index (κ3) is 2.76. The maximum atomic E-state index is 12.2. The second-order valence-corrected chi connectivity index (χ2v) is 8.36. The first-order chi connectivity index (χ1) is 10.2. The first-order valence-corrected chi connectivity index (χ1v) is 9.08. The summed E-state index contributed by atoms with van der Waals surface area (Å²) < 4.78 is 0. The van der Waals surface area contributed by atoms with Crippen LogP contribution in [-0.2, 0) is 11.3 Å². The number of hydrogen-bond donors (Lipinski definition) is 0. The Morgan fingerprint density at radius 1 is 1.24 bits per heavy atom. The number of thiophene rings is 1. The molecule has 3 atom stereocenters. The lowest BCUT2D eigenvalue weighted by atomic mass is 10.1. The molecule has 0 bridgehead atoms. The summed E-state index contributed by atoms with van der Waals surface area (Å²) in [5, 5.41) is 0. The van der Waals surface area contributed by atoms with Gasteiger partial charge in [-0.1, -0.05) is 0 Å². The molecular weight excluding hydrogens is 280 g/mol. The van der Waals surface area contributed by atoms with E-state index in [1.807, 2.05) is 11.3 Å². The van der Waals surface area contributed by atoms with Crippen molar-refractivity contribution >= 4 is 17.2 Å². The lowest BCUT2D eigenvalue weighted by molar-refractivity contribution is -0.130. The highest BCUT2D eigenvalue weighted by Gasteiger charge is 2.55. The largest absolute Gasteiger partial charge is 0.343 e. The summed E-state index contributed by atoms with van der Waals surface area (Å²) in [6.45, 7) is 7.71. The van der Waals surface area contributed by atoms with E-state index in [1.54, 1.807) is 0 Å². The zero-order valence-corrected chi connectivity index (χ0v) is 13.6. The highest BCUT2D eigenvalue weighted by atomic mass is 32.1. The van der Waals surface area contributed by atoms with Crippen LogP contribution in [0.15, 0.2) is 12.1 Å². The standard InChI is InChI=1S/C17H24N2OS/c1-12-4-5-13(21-12)9-18-10-15-14(16(15)11-18)8-17(20)19-6-2-3-7-19/h4-5,14-16H,2-3,6-11H2,1H3/t14?,15-,16+. The number of carbonyl (C=O) groups is 1. The van der Waals surface area contributed by atoms with E-state index in [9.17, 15) is 4.79 Å². The molecule has 3 fully saturated rings. The molecule has 1 aromatic rings. The molecule has 4 heteroatoms. The maximum Gasteiger partial charge on any atom is 0.222 e. The molecule has 3 aliphatic rings. The van der Waals surface area contributed by atoms with Crippen molar-refractivity contribution in [1.29, 1.82) is 0 Å². The molecule has 1 aliphatic carbocycles. The maximum absolute atomic E-state index is 12.2. The van der Waals surface area contributed by atoms with E-state index >= 15 is 0 Å². The van der Waals surface area contributed by atoms with Gasteiger partial charge in [-0.15, -0.1) is 11.3 Å². The summed E-state index contributed by atoms with van der Waals surface area (Å²) >= 11 is 1.92. The topological polar surface area (TPSA) is 23.6 Å². The Hall–Kier alpha value is -0.870. The van der Waals surface area contributed by atoms with E-state index < -0.39 is 0 Å². The first kappa shape index (κ1) is 13.8. The summed E-state index contributed by atoms with van der Waals surface area (Å²) in [5.41, 5.74) is 0. The van der Waals surface area contributed by atoms with Crippen molar-refractivity contribution in [3.8, 4) is 0 Å². The van der Waals surface area contributed by atoms with Crippen LogP contribution in [0.2, 0.25) is 0 Å². The Balaban J connectivity index is 1.25. The fourth-order valence-corrected chi connectivity index (χ4v) is 5.19. The summed E-state index contributed by atoms with van der Waals surface area (Å²) in [6.07, 6.45) is 3.23. The number of amides is 1. The van der Waals surface area contributed by atoms with E-state index in [0.29, 0.717) is 11.8 Å². The zero-order chi connectivity index (χ0) is 14.4. The molecule has 1 saturated carbocycles. The van der Waals surface area contributed by atoms with Crippen LogP contribution in [0.3, 0.4) is 0 Å². The number of carbonyl (C=O) groups excluding carboxylic acids is 1. The Bertz CT molecular complexity index is 523. The van der Waals surface area contributed by atoms with Crippen molar-refractivity contribution in [3.05, 3.63) is 21.9 Å². The van der Waals surface area contributed by atoms with Crippen LogP contribution < -0.4 is 0 Å². The second-order valence-electron chi connectivity index (χ2n) is 6.99. The van der Waals surface area contributed by atoms with E-state index in [-0.39, 0.29) is 0 Å². The SMILES string of the molecule is Cc1ccc(CN2C[C@@H]3C(CC(=O)N4CCCC4)[C@@H]3C2)s1. The Labute approximate surface area is 130 Å². The Morgan fingerprint density at radius 3 is 2.57 bits per heavy atom. The fourth-order valence-electron chi connectivity index (χ4n) is 4.26. The van der Waals surface area contributed by atoms with Gasteiger partial charge in [0.2, 0.25) is 5.91 Å². The van der Waals surface area contributed by atoms with Crippen molar-refractivity contribution in [1.82, 2.24) is 9.80 Å². The number of rotatable bonds is 4. The lowest BCUT2D eigenvalue weighted by Crippen LogP contribution is -2.29. The van der Waals surface area contributed by atoms with Crippen LogP contribution in [-0.4, -0.2) is 41.9 Å². The van der Waals surface area contributed by atoms with Crippen molar-refractivity contribution in [2.24, 2.45) is 17.8 Å². The average Bonchev–Trinajstić information content (AvgIpc) is 2.99. The smallest absolute Gasteiger partial charge is 0.222 e. The number of likely N-dealkylation sites (tertiary alicyclic amines) is 2. The van der Waals surface area contributed by atoms with Crippen molar-refractivity contribution in [3.63, 3.8) is 0 Å². The molecule has 3 heterocycles.